The van der Waals surface area contributed by atoms with Crippen LogP contribution in [0.1, 0.15) is 5.56 Å². The Morgan fingerprint density at radius 2 is 2.11 bits per heavy atom. The zero-order chi connectivity index (χ0) is 13.9. The molecule has 0 spiro atoms. The average Bonchev–Trinajstić information content (AvgIpc) is 2.26. The minimum Gasteiger partial charge on any atom is -0.392 e. The van der Waals surface area contributed by atoms with Gasteiger partial charge in [0.1, 0.15) is 12.2 Å². The van der Waals surface area contributed by atoms with Crippen molar-refractivity contribution in [1.82, 2.24) is 4.90 Å². The molecule has 8 heteroatoms. The summed E-state index contributed by atoms with van der Waals surface area (Å²) in [5.74, 6) is -0.886. The van der Waals surface area contributed by atoms with Crippen molar-refractivity contribution in [2.24, 2.45) is 4.40 Å². The number of nitrogens with zero attached hydrogens (tertiary/aromatic N) is 2. The largest absolute Gasteiger partial charge is 0.392 e. The van der Waals surface area contributed by atoms with Crippen molar-refractivity contribution in [3.63, 3.8) is 0 Å². The molecule has 0 radical (unpaired) electrons. The smallest absolute Gasteiger partial charge is 0.283 e. The molecule has 1 N–H and O–H groups in total. The quantitative estimate of drug-likeness (QED) is 0.670. The Balaban J connectivity index is 3.27. The maximum atomic E-state index is 13.5. The third kappa shape index (κ3) is 3.41. The second-order valence-corrected chi connectivity index (χ2v) is 5.72. The van der Waals surface area contributed by atoms with Crippen molar-refractivity contribution in [2.75, 3.05) is 14.1 Å². The molecule has 0 atom stereocenters. The molecule has 1 aromatic carbocycles. The maximum Gasteiger partial charge on any atom is 0.283 e. The summed E-state index contributed by atoms with van der Waals surface area (Å²) in [4.78, 5) is 1.07. The number of sulfonamides is 1. The van der Waals surface area contributed by atoms with E-state index in [9.17, 15) is 12.8 Å². The summed E-state index contributed by atoms with van der Waals surface area (Å²) in [6.07, 6.45) is 1.08. The Morgan fingerprint density at radius 1 is 1.50 bits per heavy atom. The van der Waals surface area contributed by atoms with Crippen LogP contribution >= 0.6 is 11.6 Å². The summed E-state index contributed by atoms with van der Waals surface area (Å²) in [6, 6.07) is 1.83. The zero-order valence-corrected chi connectivity index (χ0v) is 11.3. The molecular formula is C10H12ClFN2O3S. The Kier molecular flexibility index (Phi) is 4.66. The number of hydrogen-bond acceptors (Lipinski definition) is 3. The molecule has 0 unspecified atom stereocenters. The first kappa shape index (κ1) is 14.9. The third-order valence-electron chi connectivity index (χ3n) is 1.99. The summed E-state index contributed by atoms with van der Waals surface area (Å²) in [6.45, 7) is -0.605. The predicted molar refractivity (Wildman–Crippen MR) is 66.7 cm³/mol. The molecule has 0 aromatic heterocycles. The number of halogens is 2. The summed E-state index contributed by atoms with van der Waals surface area (Å²) in [5, 5.41) is 8.70. The molecule has 1 aromatic rings. The molecule has 18 heavy (non-hydrogen) atoms. The van der Waals surface area contributed by atoms with Crippen molar-refractivity contribution >= 4 is 28.0 Å². The SMILES string of the molecule is CN(C)/C=N\S(=O)(=O)c1cc(F)c(CO)c(Cl)c1. The van der Waals surface area contributed by atoms with E-state index in [0.717, 1.165) is 18.5 Å². The van der Waals surface area contributed by atoms with Crippen LogP contribution in [0.15, 0.2) is 21.4 Å². The van der Waals surface area contributed by atoms with E-state index in [0.29, 0.717) is 0 Å². The molecule has 0 amide bonds. The van der Waals surface area contributed by atoms with Gasteiger partial charge in [-0.15, -0.1) is 4.40 Å². The molecule has 100 valence electrons. The Morgan fingerprint density at radius 3 is 2.56 bits per heavy atom. The lowest BCUT2D eigenvalue weighted by molar-refractivity contribution is 0.275. The number of rotatable bonds is 4. The van der Waals surface area contributed by atoms with Gasteiger partial charge in [0, 0.05) is 19.7 Å². The van der Waals surface area contributed by atoms with Crippen LogP contribution in [0.3, 0.4) is 0 Å². The normalized spacial score (nSPS) is 12.1. The summed E-state index contributed by atoms with van der Waals surface area (Å²) in [7, 11) is -0.806. The minimum atomic E-state index is -4.00. The Hall–Kier alpha value is -1.18. The molecular weight excluding hydrogens is 283 g/mol. The van der Waals surface area contributed by atoms with Crippen LogP contribution in [0.5, 0.6) is 0 Å². The fourth-order valence-corrected chi connectivity index (χ4v) is 2.38. The molecule has 0 aliphatic heterocycles. The van der Waals surface area contributed by atoms with Crippen molar-refractivity contribution in [3.8, 4) is 0 Å². The lowest BCUT2D eigenvalue weighted by Gasteiger charge is -2.06. The van der Waals surface area contributed by atoms with E-state index in [-0.39, 0.29) is 15.5 Å². The molecule has 0 bridgehead atoms. The second-order valence-electron chi connectivity index (χ2n) is 3.68. The van der Waals surface area contributed by atoms with E-state index >= 15 is 0 Å². The fraction of sp³-hybridized carbons (Fsp3) is 0.300. The van der Waals surface area contributed by atoms with E-state index in [1.165, 1.54) is 4.90 Å². The maximum absolute atomic E-state index is 13.5. The van der Waals surface area contributed by atoms with Gasteiger partial charge in [0.15, 0.2) is 0 Å². The highest BCUT2D eigenvalue weighted by atomic mass is 35.5. The highest BCUT2D eigenvalue weighted by molar-refractivity contribution is 7.90. The van der Waals surface area contributed by atoms with Gasteiger partial charge in [-0.25, -0.2) is 4.39 Å². The van der Waals surface area contributed by atoms with Crippen LogP contribution in [-0.4, -0.2) is 38.9 Å². The molecule has 0 aliphatic carbocycles. The van der Waals surface area contributed by atoms with E-state index in [1.807, 2.05) is 0 Å². The monoisotopic (exact) mass is 294 g/mol. The van der Waals surface area contributed by atoms with Crippen LogP contribution in [0.2, 0.25) is 5.02 Å². The van der Waals surface area contributed by atoms with Gasteiger partial charge < -0.3 is 10.0 Å². The molecule has 5 nitrogen and oxygen atoms in total. The second kappa shape index (κ2) is 5.64. The molecule has 0 saturated carbocycles. The summed E-state index contributed by atoms with van der Waals surface area (Å²) < 4.78 is 40.3. The number of benzene rings is 1. The molecule has 1 rings (SSSR count). The lowest BCUT2D eigenvalue weighted by atomic mass is 10.2. The van der Waals surface area contributed by atoms with Gasteiger partial charge in [-0.05, 0) is 12.1 Å². The van der Waals surface area contributed by atoms with Crippen LogP contribution < -0.4 is 0 Å². The fourth-order valence-electron chi connectivity index (χ4n) is 1.10. The third-order valence-corrected chi connectivity index (χ3v) is 3.53. The van der Waals surface area contributed by atoms with Gasteiger partial charge in [-0.2, -0.15) is 8.42 Å². The van der Waals surface area contributed by atoms with E-state index in [4.69, 9.17) is 16.7 Å². The van der Waals surface area contributed by atoms with Crippen molar-refractivity contribution in [3.05, 3.63) is 28.5 Å². The standard InChI is InChI=1S/C10H12ClFN2O3S/c1-14(2)6-13-18(16,17)7-3-9(11)8(5-15)10(12)4-7/h3-4,6,15H,5H2,1-2H3/b13-6-. The van der Waals surface area contributed by atoms with Crippen LogP contribution in [0.4, 0.5) is 4.39 Å². The number of hydrogen-bond donors (Lipinski definition) is 1. The molecule has 0 saturated heterocycles. The van der Waals surface area contributed by atoms with Crippen LogP contribution in [0, 0.1) is 5.82 Å². The van der Waals surface area contributed by atoms with Crippen molar-refractivity contribution < 1.29 is 17.9 Å². The van der Waals surface area contributed by atoms with E-state index in [2.05, 4.69) is 4.40 Å². The average molecular weight is 295 g/mol. The highest BCUT2D eigenvalue weighted by Crippen LogP contribution is 2.25. The Labute approximate surface area is 110 Å². The molecule has 0 fully saturated rings. The highest BCUT2D eigenvalue weighted by Gasteiger charge is 2.17. The molecule has 0 aliphatic rings. The van der Waals surface area contributed by atoms with Gasteiger partial charge in [0.2, 0.25) is 0 Å². The van der Waals surface area contributed by atoms with E-state index < -0.39 is 22.4 Å². The molecule has 0 heterocycles. The first-order valence-corrected chi connectivity index (χ1v) is 6.65. The van der Waals surface area contributed by atoms with Crippen molar-refractivity contribution in [1.29, 1.82) is 0 Å². The van der Waals surface area contributed by atoms with Gasteiger partial charge in [-0.1, -0.05) is 11.6 Å². The lowest BCUT2D eigenvalue weighted by Crippen LogP contribution is -2.10. The topological polar surface area (TPSA) is 70.0 Å². The number of aliphatic hydroxyl groups excluding tert-OH is 1. The van der Waals surface area contributed by atoms with Crippen LogP contribution in [0.25, 0.3) is 0 Å². The predicted octanol–water partition coefficient (Wildman–Crippen LogP) is 1.25. The minimum absolute atomic E-state index is 0.146. The van der Waals surface area contributed by atoms with Crippen molar-refractivity contribution in [2.45, 2.75) is 11.5 Å². The summed E-state index contributed by atoms with van der Waals surface area (Å²) >= 11 is 5.68. The van der Waals surface area contributed by atoms with Gasteiger partial charge in [0.05, 0.1) is 16.5 Å². The first-order valence-electron chi connectivity index (χ1n) is 4.83. The first-order chi connectivity index (χ1) is 8.27. The van der Waals surface area contributed by atoms with Crippen LogP contribution in [-0.2, 0) is 16.6 Å². The van der Waals surface area contributed by atoms with E-state index in [1.54, 1.807) is 14.1 Å². The zero-order valence-electron chi connectivity index (χ0n) is 9.76. The summed E-state index contributed by atoms with van der Waals surface area (Å²) in [5.41, 5.74) is -0.146. The van der Waals surface area contributed by atoms with Gasteiger partial charge >= 0.3 is 0 Å². The van der Waals surface area contributed by atoms with Gasteiger partial charge in [0.25, 0.3) is 10.0 Å². The Bertz CT molecular complexity index is 549. The van der Waals surface area contributed by atoms with Gasteiger partial charge in [-0.3, -0.25) is 0 Å². The number of aliphatic hydroxyl groups is 1.